The van der Waals surface area contributed by atoms with Crippen LogP contribution >= 0.6 is 22.9 Å². The molecule has 1 unspecified atom stereocenters. The minimum atomic E-state index is -0.354. The molecule has 2 heterocycles. The highest BCUT2D eigenvalue weighted by molar-refractivity contribution is 7.09. The van der Waals surface area contributed by atoms with E-state index in [4.69, 9.17) is 21.1 Å². The summed E-state index contributed by atoms with van der Waals surface area (Å²) in [5.41, 5.74) is 0.367. The zero-order valence-electron chi connectivity index (χ0n) is 13.6. The maximum Gasteiger partial charge on any atom is 0.283 e. The van der Waals surface area contributed by atoms with Crippen molar-refractivity contribution in [1.82, 2.24) is 4.57 Å². The van der Waals surface area contributed by atoms with E-state index in [1.54, 1.807) is 18.2 Å². The summed E-state index contributed by atoms with van der Waals surface area (Å²) in [6, 6.07) is 4.95. The van der Waals surface area contributed by atoms with E-state index in [0.29, 0.717) is 27.1 Å². The smallest absolute Gasteiger partial charge is 0.283 e. The minimum absolute atomic E-state index is 0.354. The first-order chi connectivity index (χ1) is 11.6. The number of benzene rings is 1. The summed E-state index contributed by atoms with van der Waals surface area (Å²) in [5.74, 6) is 0.582. The lowest BCUT2D eigenvalue weighted by molar-refractivity contribution is 0.0994. The Labute approximate surface area is 149 Å². The number of ether oxygens (including phenoxy) is 2. The van der Waals surface area contributed by atoms with Crippen LogP contribution in [-0.4, -0.2) is 30.8 Å². The second-order valence-corrected chi connectivity index (χ2v) is 7.42. The first kappa shape index (κ1) is 17.2. The van der Waals surface area contributed by atoms with Crippen LogP contribution in [0.15, 0.2) is 29.4 Å². The Morgan fingerprint density at radius 3 is 3.08 bits per heavy atom. The van der Waals surface area contributed by atoms with Gasteiger partial charge in [-0.25, -0.2) is 0 Å². The van der Waals surface area contributed by atoms with Gasteiger partial charge < -0.3 is 14.0 Å². The molecule has 5 nitrogen and oxygen atoms in total. The normalized spacial score (nSPS) is 18.1. The van der Waals surface area contributed by atoms with Crippen LogP contribution < -0.4 is 9.54 Å². The number of aromatic nitrogens is 1. The molecule has 1 saturated heterocycles. The molecule has 1 aromatic carbocycles. The predicted octanol–water partition coefficient (Wildman–Crippen LogP) is 3.30. The molecule has 128 valence electrons. The van der Waals surface area contributed by atoms with Crippen LogP contribution in [0.25, 0.3) is 0 Å². The summed E-state index contributed by atoms with van der Waals surface area (Å²) >= 11 is 7.50. The number of halogens is 1. The van der Waals surface area contributed by atoms with Crippen LogP contribution in [0.1, 0.15) is 21.7 Å². The Bertz CT molecular complexity index is 806. The minimum Gasteiger partial charge on any atom is -0.496 e. The quantitative estimate of drug-likeness (QED) is 0.834. The van der Waals surface area contributed by atoms with Gasteiger partial charge in [0.2, 0.25) is 0 Å². The molecule has 0 spiro atoms. The van der Waals surface area contributed by atoms with Gasteiger partial charge in [-0.05, 0) is 31.5 Å². The van der Waals surface area contributed by atoms with E-state index in [-0.39, 0.29) is 5.91 Å². The van der Waals surface area contributed by atoms with Crippen LogP contribution in [-0.2, 0) is 11.3 Å². The summed E-state index contributed by atoms with van der Waals surface area (Å²) in [4.78, 5) is 18.7. The van der Waals surface area contributed by atoms with Crippen molar-refractivity contribution in [2.75, 3.05) is 20.3 Å². The molecular formula is C17H19ClN2O3S. The fraction of sp³-hybridized carbons (Fsp3) is 0.412. The highest BCUT2D eigenvalue weighted by atomic mass is 35.5. The van der Waals surface area contributed by atoms with Gasteiger partial charge >= 0.3 is 0 Å². The predicted molar refractivity (Wildman–Crippen MR) is 93.9 cm³/mol. The highest BCUT2D eigenvalue weighted by Gasteiger charge is 2.18. The Hall–Kier alpha value is -1.63. The largest absolute Gasteiger partial charge is 0.496 e. The van der Waals surface area contributed by atoms with Gasteiger partial charge in [0, 0.05) is 35.2 Å². The lowest BCUT2D eigenvalue weighted by Crippen LogP contribution is -2.21. The number of carbonyl (C=O) groups is 1. The summed E-state index contributed by atoms with van der Waals surface area (Å²) in [6.45, 7) is 4.38. The third-order valence-electron chi connectivity index (χ3n) is 3.90. The number of rotatable bonds is 4. The second kappa shape index (κ2) is 7.51. The van der Waals surface area contributed by atoms with Gasteiger partial charge in [0.25, 0.3) is 5.91 Å². The molecule has 2 aromatic rings. The summed E-state index contributed by atoms with van der Waals surface area (Å²) < 4.78 is 12.7. The van der Waals surface area contributed by atoms with E-state index >= 15 is 0 Å². The molecular weight excluding hydrogens is 348 g/mol. The van der Waals surface area contributed by atoms with Crippen molar-refractivity contribution < 1.29 is 14.3 Å². The standard InChI is InChI=1S/C17H19ClN2O3S/c1-11-8-20(9-12-5-6-23-10-12)17(24-11)19-16(21)14-7-13(18)3-4-15(14)22-2/h3-4,7-8,12H,5-6,9-10H2,1-2H3/b19-17-. The fourth-order valence-electron chi connectivity index (χ4n) is 2.72. The number of aryl methyl sites for hydroxylation is 1. The van der Waals surface area contributed by atoms with Crippen LogP contribution in [0.3, 0.4) is 0 Å². The SMILES string of the molecule is COc1ccc(Cl)cc1C(=O)/N=c1\sc(C)cn1CC1CCOC1. The van der Waals surface area contributed by atoms with Crippen molar-refractivity contribution in [1.29, 1.82) is 0 Å². The average molecular weight is 367 g/mol. The monoisotopic (exact) mass is 366 g/mol. The number of hydrogen-bond acceptors (Lipinski definition) is 4. The zero-order chi connectivity index (χ0) is 17.1. The maximum atomic E-state index is 12.6. The molecule has 3 rings (SSSR count). The van der Waals surface area contributed by atoms with Gasteiger partial charge in [-0.3, -0.25) is 4.79 Å². The Kier molecular flexibility index (Phi) is 5.38. The molecule has 0 radical (unpaired) electrons. The molecule has 0 bridgehead atoms. The number of hydrogen-bond donors (Lipinski definition) is 0. The van der Waals surface area contributed by atoms with Crippen LogP contribution in [0, 0.1) is 12.8 Å². The first-order valence-corrected chi connectivity index (χ1v) is 8.93. The van der Waals surface area contributed by atoms with Crippen molar-refractivity contribution in [2.24, 2.45) is 10.9 Å². The molecule has 0 N–H and O–H groups in total. The molecule has 1 aromatic heterocycles. The summed E-state index contributed by atoms with van der Waals surface area (Å²) in [6.07, 6.45) is 3.07. The van der Waals surface area contributed by atoms with E-state index in [1.807, 2.05) is 17.7 Å². The molecule has 1 atom stereocenters. The van der Waals surface area contributed by atoms with Gasteiger partial charge in [-0.2, -0.15) is 4.99 Å². The van der Waals surface area contributed by atoms with E-state index in [1.165, 1.54) is 18.4 Å². The van der Waals surface area contributed by atoms with Crippen molar-refractivity contribution in [3.63, 3.8) is 0 Å². The third-order valence-corrected chi connectivity index (χ3v) is 5.07. The Morgan fingerprint density at radius 2 is 2.38 bits per heavy atom. The highest BCUT2D eigenvalue weighted by Crippen LogP contribution is 2.23. The number of carbonyl (C=O) groups excluding carboxylic acids is 1. The van der Waals surface area contributed by atoms with E-state index in [0.717, 1.165) is 31.1 Å². The van der Waals surface area contributed by atoms with Gasteiger partial charge in [0.15, 0.2) is 4.80 Å². The molecule has 0 aliphatic carbocycles. The Morgan fingerprint density at radius 1 is 1.54 bits per heavy atom. The van der Waals surface area contributed by atoms with Gasteiger partial charge in [0.1, 0.15) is 5.75 Å². The molecule has 24 heavy (non-hydrogen) atoms. The topological polar surface area (TPSA) is 52.8 Å². The maximum absolute atomic E-state index is 12.6. The van der Waals surface area contributed by atoms with Gasteiger partial charge in [0.05, 0.1) is 19.3 Å². The van der Waals surface area contributed by atoms with E-state index < -0.39 is 0 Å². The van der Waals surface area contributed by atoms with Crippen molar-refractivity contribution in [2.45, 2.75) is 19.9 Å². The van der Waals surface area contributed by atoms with Crippen LogP contribution in [0.4, 0.5) is 0 Å². The summed E-state index contributed by atoms with van der Waals surface area (Å²) in [7, 11) is 1.52. The van der Waals surface area contributed by atoms with E-state index in [2.05, 4.69) is 4.99 Å². The lowest BCUT2D eigenvalue weighted by Gasteiger charge is -2.08. The van der Waals surface area contributed by atoms with Crippen molar-refractivity contribution >= 4 is 28.8 Å². The molecule has 1 aliphatic heterocycles. The average Bonchev–Trinajstić information content (AvgIpc) is 3.18. The van der Waals surface area contributed by atoms with Crippen molar-refractivity contribution in [3.8, 4) is 5.75 Å². The number of thiazole rings is 1. The Balaban J connectivity index is 1.93. The van der Waals surface area contributed by atoms with Crippen molar-refractivity contribution in [3.05, 3.63) is 44.7 Å². The number of methoxy groups -OCH3 is 1. The summed E-state index contributed by atoms with van der Waals surface area (Å²) in [5, 5.41) is 0.479. The second-order valence-electron chi connectivity index (χ2n) is 5.77. The molecule has 1 fully saturated rings. The third kappa shape index (κ3) is 3.88. The van der Waals surface area contributed by atoms with Gasteiger partial charge in [-0.15, -0.1) is 11.3 Å². The van der Waals surface area contributed by atoms with E-state index in [9.17, 15) is 4.79 Å². The first-order valence-electron chi connectivity index (χ1n) is 7.74. The number of nitrogens with zero attached hydrogens (tertiary/aromatic N) is 2. The molecule has 0 saturated carbocycles. The molecule has 1 aliphatic rings. The zero-order valence-corrected chi connectivity index (χ0v) is 15.2. The van der Waals surface area contributed by atoms with Crippen LogP contribution in [0.5, 0.6) is 5.75 Å². The van der Waals surface area contributed by atoms with Crippen LogP contribution in [0.2, 0.25) is 5.02 Å². The molecule has 7 heteroatoms. The van der Waals surface area contributed by atoms with Gasteiger partial charge in [-0.1, -0.05) is 11.6 Å². The molecule has 1 amide bonds. The lowest BCUT2D eigenvalue weighted by atomic mass is 10.1. The fourth-order valence-corrected chi connectivity index (χ4v) is 3.73. The number of amides is 1.